The highest BCUT2D eigenvalue weighted by Gasteiger charge is 2.20. The van der Waals surface area contributed by atoms with Gasteiger partial charge < -0.3 is 4.57 Å². The molecule has 5 aromatic carbocycles. The molecule has 8 aromatic rings. The van der Waals surface area contributed by atoms with Gasteiger partial charge in [0, 0.05) is 27.2 Å². The van der Waals surface area contributed by atoms with E-state index in [-0.39, 0.29) is 0 Å². The lowest BCUT2D eigenvalue weighted by atomic mass is 10.0. The average Bonchev–Trinajstić information content (AvgIpc) is 3.46. The van der Waals surface area contributed by atoms with Crippen LogP contribution < -0.4 is 0 Å². The quantitative estimate of drug-likeness (QED) is 0.241. The van der Waals surface area contributed by atoms with Crippen LogP contribution in [0.1, 0.15) is 0 Å². The highest BCUT2D eigenvalue weighted by atomic mass is 15.0. The molecule has 0 N–H and O–H groups in total. The summed E-state index contributed by atoms with van der Waals surface area (Å²) >= 11 is 0. The summed E-state index contributed by atoms with van der Waals surface area (Å²) < 4.78 is 4.75. The van der Waals surface area contributed by atoms with Crippen LogP contribution in [0, 0.1) is 0 Å². The lowest BCUT2D eigenvalue weighted by Crippen LogP contribution is -1.97. The maximum absolute atomic E-state index is 5.05. The van der Waals surface area contributed by atoms with Gasteiger partial charge >= 0.3 is 0 Å². The van der Waals surface area contributed by atoms with Crippen molar-refractivity contribution < 1.29 is 0 Å². The summed E-state index contributed by atoms with van der Waals surface area (Å²) in [6.45, 7) is 0. The smallest absolute Gasteiger partial charge is 0.146 e. The summed E-state index contributed by atoms with van der Waals surface area (Å²) in [5, 5.41) is 6.18. The van der Waals surface area contributed by atoms with E-state index in [4.69, 9.17) is 4.98 Å². The van der Waals surface area contributed by atoms with Gasteiger partial charge in [-0.25, -0.2) is 4.98 Å². The van der Waals surface area contributed by atoms with E-state index in [1.807, 2.05) is 0 Å². The van der Waals surface area contributed by atoms with E-state index in [9.17, 15) is 0 Å². The fourth-order valence-corrected chi connectivity index (χ4v) is 5.69. The van der Waals surface area contributed by atoms with Crippen LogP contribution in [0.25, 0.3) is 65.8 Å². The minimum atomic E-state index is 1.01. The molecule has 0 saturated carbocycles. The average molecular weight is 434 g/mol. The first kappa shape index (κ1) is 17.9. The number of pyridine rings is 1. The van der Waals surface area contributed by atoms with E-state index in [1.54, 1.807) is 0 Å². The summed E-state index contributed by atoms with van der Waals surface area (Å²) in [6.07, 6.45) is 0. The van der Waals surface area contributed by atoms with E-state index in [0.717, 1.165) is 16.7 Å². The normalized spacial score (nSPS) is 12.1. The summed E-state index contributed by atoms with van der Waals surface area (Å²) in [6, 6.07) is 41.1. The SMILES string of the molecule is c1ccc(-n2c3ccccc3c3ccc4c(c5ccccc5c5nc6ccccc6n45)c32)cc1. The van der Waals surface area contributed by atoms with Gasteiger partial charge in [0.1, 0.15) is 5.65 Å². The van der Waals surface area contributed by atoms with Crippen molar-refractivity contribution >= 4 is 60.2 Å². The number of fused-ring (bicyclic) bond motifs is 12. The van der Waals surface area contributed by atoms with Crippen molar-refractivity contribution in [2.24, 2.45) is 0 Å². The molecule has 0 radical (unpaired) electrons. The molecule has 3 nitrogen and oxygen atoms in total. The van der Waals surface area contributed by atoms with Crippen LogP contribution in [0.3, 0.4) is 0 Å². The van der Waals surface area contributed by atoms with Gasteiger partial charge in [0.2, 0.25) is 0 Å². The fraction of sp³-hybridized carbons (Fsp3) is 0. The fourth-order valence-electron chi connectivity index (χ4n) is 5.69. The van der Waals surface area contributed by atoms with E-state index in [2.05, 4.69) is 124 Å². The third-order valence-electron chi connectivity index (χ3n) is 7.07. The molecule has 3 heterocycles. The number of rotatable bonds is 1. The topological polar surface area (TPSA) is 22.2 Å². The molecule has 0 aliphatic carbocycles. The highest BCUT2D eigenvalue weighted by molar-refractivity contribution is 6.27. The summed E-state index contributed by atoms with van der Waals surface area (Å²) in [5.74, 6) is 0. The molecule has 0 bridgehead atoms. The van der Waals surface area contributed by atoms with Gasteiger partial charge in [-0.1, -0.05) is 78.9 Å². The van der Waals surface area contributed by atoms with Gasteiger partial charge in [0.05, 0.1) is 27.6 Å². The third-order valence-corrected chi connectivity index (χ3v) is 7.07. The van der Waals surface area contributed by atoms with Crippen molar-refractivity contribution in [3.63, 3.8) is 0 Å². The van der Waals surface area contributed by atoms with E-state index in [1.165, 1.54) is 49.2 Å². The highest BCUT2D eigenvalue weighted by Crippen LogP contribution is 2.41. The van der Waals surface area contributed by atoms with Gasteiger partial charge in [-0.3, -0.25) is 4.40 Å². The first-order valence-corrected chi connectivity index (χ1v) is 11.6. The largest absolute Gasteiger partial charge is 0.309 e. The molecule has 3 heteroatoms. The maximum Gasteiger partial charge on any atom is 0.146 e. The summed E-state index contributed by atoms with van der Waals surface area (Å²) in [7, 11) is 0. The van der Waals surface area contributed by atoms with Gasteiger partial charge in [-0.05, 0) is 41.8 Å². The number of para-hydroxylation sites is 4. The molecule has 0 saturated heterocycles. The van der Waals surface area contributed by atoms with Crippen LogP contribution in [0.4, 0.5) is 0 Å². The molecule has 3 aromatic heterocycles. The minimum absolute atomic E-state index is 1.01. The zero-order chi connectivity index (χ0) is 22.2. The van der Waals surface area contributed by atoms with Gasteiger partial charge in [0.25, 0.3) is 0 Å². The molecule has 158 valence electrons. The zero-order valence-corrected chi connectivity index (χ0v) is 18.3. The van der Waals surface area contributed by atoms with Crippen LogP contribution in [-0.2, 0) is 0 Å². The lowest BCUT2D eigenvalue weighted by Gasteiger charge is -2.13. The number of aromatic nitrogens is 3. The molecule has 0 aliphatic rings. The molecule has 0 atom stereocenters. The Morgan fingerprint density at radius 3 is 2.00 bits per heavy atom. The summed E-state index contributed by atoms with van der Waals surface area (Å²) in [5.41, 5.74) is 7.96. The Bertz CT molecular complexity index is 2060. The van der Waals surface area contributed by atoms with Crippen molar-refractivity contribution in [3.05, 3.63) is 115 Å². The molecule has 0 amide bonds. The molecule has 34 heavy (non-hydrogen) atoms. The Hall–Kier alpha value is -4.63. The molecule has 0 spiro atoms. The number of hydrogen-bond acceptors (Lipinski definition) is 1. The van der Waals surface area contributed by atoms with E-state index < -0.39 is 0 Å². The second kappa shape index (κ2) is 6.46. The molecular formula is C31H19N3. The standard InChI is InChI=1S/C31H19N3/c1-2-10-20(11-3-1)33-26-16-8-6-12-21(26)23-18-19-28-29(30(23)33)22-13-4-5-14-24(22)31-32-25-15-7-9-17-27(25)34(28)31/h1-19H. The van der Waals surface area contributed by atoms with Gasteiger partial charge in [0.15, 0.2) is 0 Å². The molecule has 0 unspecified atom stereocenters. The maximum atomic E-state index is 5.05. The predicted octanol–water partition coefficient (Wildman–Crippen LogP) is 7.89. The van der Waals surface area contributed by atoms with Gasteiger partial charge in [-0.2, -0.15) is 0 Å². The Balaban J connectivity index is 1.75. The van der Waals surface area contributed by atoms with Crippen LogP contribution in [0.15, 0.2) is 115 Å². The predicted molar refractivity (Wildman–Crippen MR) is 142 cm³/mol. The minimum Gasteiger partial charge on any atom is -0.309 e. The summed E-state index contributed by atoms with van der Waals surface area (Å²) in [4.78, 5) is 5.05. The van der Waals surface area contributed by atoms with Crippen LogP contribution in [-0.4, -0.2) is 14.0 Å². The first-order chi connectivity index (χ1) is 16.9. The van der Waals surface area contributed by atoms with Crippen LogP contribution in [0.5, 0.6) is 0 Å². The first-order valence-electron chi connectivity index (χ1n) is 11.6. The number of nitrogens with zero attached hydrogens (tertiary/aromatic N) is 3. The number of benzene rings is 5. The Morgan fingerprint density at radius 1 is 0.471 bits per heavy atom. The van der Waals surface area contributed by atoms with Crippen LogP contribution >= 0.6 is 0 Å². The molecule has 0 fully saturated rings. The van der Waals surface area contributed by atoms with Crippen molar-refractivity contribution in [1.29, 1.82) is 0 Å². The van der Waals surface area contributed by atoms with Crippen molar-refractivity contribution in [3.8, 4) is 5.69 Å². The lowest BCUT2D eigenvalue weighted by molar-refractivity contribution is 1.19. The second-order valence-electron chi connectivity index (χ2n) is 8.85. The zero-order valence-electron chi connectivity index (χ0n) is 18.3. The monoisotopic (exact) mass is 433 g/mol. The van der Waals surface area contributed by atoms with Crippen molar-refractivity contribution in [2.45, 2.75) is 0 Å². The third kappa shape index (κ3) is 2.18. The van der Waals surface area contributed by atoms with Crippen LogP contribution in [0.2, 0.25) is 0 Å². The van der Waals surface area contributed by atoms with Crippen molar-refractivity contribution in [2.75, 3.05) is 0 Å². The molecule has 8 rings (SSSR count). The Labute approximate surface area is 195 Å². The number of hydrogen-bond donors (Lipinski definition) is 0. The van der Waals surface area contributed by atoms with E-state index in [0.29, 0.717) is 0 Å². The molecule has 0 aliphatic heterocycles. The van der Waals surface area contributed by atoms with Gasteiger partial charge in [-0.15, -0.1) is 0 Å². The number of imidazole rings is 1. The second-order valence-corrected chi connectivity index (χ2v) is 8.85. The Kier molecular flexibility index (Phi) is 3.39. The molecular weight excluding hydrogens is 414 g/mol. The Morgan fingerprint density at radius 2 is 1.15 bits per heavy atom. The van der Waals surface area contributed by atoms with E-state index >= 15 is 0 Å². The van der Waals surface area contributed by atoms with Crippen molar-refractivity contribution in [1.82, 2.24) is 14.0 Å².